The monoisotopic (exact) mass is 1220 g/mol. The molecule has 2 aromatic heterocycles. The Morgan fingerprint density at radius 3 is 1.22 bits per heavy atom. The maximum Gasteiger partial charge on any atom is 0.240 e. The number of nitrogens with two attached hydrogens (primary N) is 2. The molecule has 2 fully saturated rings. The smallest absolute Gasteiger partial charge is 0.240 e. The van der Waals surface area contributed by atoms with Gasteiger partial charge in [0.2, 0.25) is 11.8 Å². The molecule has 2 aliphatic heterocycles. The number of nitrogens with zero attached hydrogens (tertiary/aromatic N) is 7. The molecule has 4 heterocycles. The molecule has 2 unspecified atom stereocenters. The summed E-state index contributed by atoms with van der Waals surface area (Å²) >= 11 is 30.3. The van der Waals surface area contributed by atoms with E-state index < -0.39 is 12.1 Å². The van der Waals surface area contributed by atoms with Crippen LogP contribution in [0, 0.1) is 11.8 Å². The van der Waals surface area contributed by atoms with E-state index in [4.69, 9.17) is 79.4 Å². The summed E-state index contributed by atoms with van der Waals surface area (Å²) in [4.78, 5) is 49.8. The second kappa shape index (κ2) is 30.6. The molecule has 0 saturated carbocycles. The van der Waals surface area contributed by atoms with Gasteiger partial charge in [0.05, 0.1) is 35.5 Å². The summed E-state index contributed by atoms with van der Waals surface area (Å²) in [5.41, 5.74) is 17.8. The maximum absolute atomic E-state index is 12.3. The highest BCUT2D eigenvalue weighted by Crippen LogP contribution is 2.34. The summed E-state index contributed by atoms with van der Waals surface area (Å²) in [5, 5.41) is 14.6. The van der Waals surface area contributed by atoms with Crippen LogP contribution in [-0.4, -0.2) is 111 Å². The Bertz CT molecular complexity index is 3280. The third-order valence-electron chi connectivity index (χ3n) is 15.4. The number of piperazine rings is 2. The lowest BCUT2D eigenvalue weighted by atomic mass is 9.96. The summed E-state index contributed by atoms with van der Waals surface area (Å²) in [5.74, 6) is 2.12. The first-order valence-electron chi connectivity index (χ1n) is 28.2. The van der Waals surface area contributed by atoms with Crippen LogP contribution in [0.15, 0.2) is 146 Å². The Kier molecular flexibility index (Phi) is 23.2. The SMILES string of the molecule is CCC(C)[C@H](Nc1nc(CCl)nc2ccccc12)C(N)=O.CCC(C)[C@H](Nc1nc(CN2CCN(C(c3ccc(Cl)cc3)c3ccc(Cl)cc3)CC2)nc2ccccc12)C(N)=O.Clc1ccc(C(c2ccc(Cl)cc2)N2CCNCC2)cc1. The number of anilines is 2. The van der Waals surface area contributed by atoms with Crippen molar-refractivity contribution in [1.29, 1.82) is 0 Å². The molecule has 0 spiro atoms. The number of hydrogen-bond donors (Lipinski definition) is 5. The summed E-state index contributed by atoms with van der Waals surface area (Å²) in [6.45, 7) is 16.3. The molecule has 10 rings (SSSR count). The van der Waals surface area contributed by atoms with Crippen LogP contribution in [0.25, 0.3) is 21.8 Å². The van der Waals surface area contributed by atoms with Crippen LogP contribution in [0.2, 0.25) is 20.1 Å². The summed E-state index contributed by atoms with van der Waals surface area (Å²) in [6.07, 6.45) is 1.67. The van der Waals surface area contributed by atoms with Gasteiger partial charge in [-0.25, -0.2) is 19.9 Å². The minimum Gasteiger partial charge on any atom is -0.368 e. The van der Waals surface area contributed by atoms with Crippen LogP contribution in [0.1, 0.15) is 86.5 Å². The lowest BCUT2D eigenvalue weighted by Crippen LogP contribution is -2.47. The number of amides is 2. The van der Waals surface area contributed by atoms with Gasteiger partial charge in [-0.15, -0.1) is 11.6 Å². The predicted molar refractivity (Wildman–Crippen MR) is 342 cm³/mol. The van der Waals surface area contributed by atoms with Gasteiger partial charge in [0.15, 0.2) is 0 Å². The molecular formula is C64H73Cl5N12O2. The number of rotatable bonds is 19. The van der Waals surface area contributed by atoms with Gasteiger partial charge in [-0.2, -0.15) is 0 Å². The maximum atomic E-state index is 12.3. The van der Waals surface area contributed by atoms with Gasteiger partial charge in [-0.1, -0.05) is 160 Å². The predicted octanol–water partition coefficient (Wildman–Crippen LogP) is 12.8. The number of hydrogen-bond acceptors (Lipinski definition) is 12. The third kappa shape index (κ3) is 17.0. The molecule has 83 heavy (non-hydrogen) atoms. The van der Waals surface area contributed by atoms with Crippen LogP contribution in [0.5, 0.6) is 0 Å². The van der Waals surface area contributed by atoms with Gasteiger partial charge in [0.25, 0.3) is 0 Å². The second-order valence-corrected chi connectivity index (χ2v) is 23.1. The third-order valence-corrected chi connectivity index (χ3v) is 16.7. The fourth-order valence-corrected chi connectivity index (χ4v) is 11.1. The van der Waals surface area contributed by atoms with Crippen LogP contribution in [0.4, 0.5) is 11.6 Å². The molecule has 436 valence electrons. The van der Waals surface area contributed by atoms with Gasteiger partial charge < -0.3 is 27.4 Å². The molecule has 8 aromatic rings. The van der Waals surface area contributed by atoms with Gasteiger partial charge in [-0.05, 0) is 107 Å². The number of carbonyl (C=O) groups is 2. The average molecular weight is 1220 g/mol. The van der Waals surface area contributed by atoms with Gasteiger partial charge in [0, 0.05) is 83.2 Å². The molecule has 7 N–H and O–H groups in total. The van der Waals surface area contributed by atoms with E-state index in [9.17, 15) is 9.59 Å². The number of halogens is 5. The fraction of sp³-hybridized carbons (Fsp3) is 0.344. The molecule has 0 radical (unpaired) electrons. The van der Waals surface area contributed by atoms with Crippen molar-refractivity contribution >= 4 is 103 Å². The zero-order valence-corrected chi connectivity index (χ0v) is 51.1. The van der Waals surface area contributed by atoms with Crippen molar-refractivity contribution in [1.82, 2.24) is 40.0 Å². The molecular weight excluding hydrogens is 1150 g/mol. The molecule has 2 saturated heterocycles. The first kappa shape index (κ1) is 62.9. The van der Waals surface area contributed by atoms with Gasteiger partial charge >= 0.3 is 0 Å². The van der Waals surface area contributed by atoms with Crippen molar-refractivity contribution in [2.24, 2.45) is 23.3 Å². The van der Waals surface area contributed by atoms with Crippen molar-refractivity contribution < 1.29 is 9.59 Å². The summed E-state index contributed by atoms with van der Waals surface area (Å²) in [6, 6.07) is 47.3. The molecule has 4 atom stereocenters. The van der Waals surface area contributed by atoms with E-state index in [1.807, 2.05) is 118 Å². The number of primary amides is 2. The number of alkyl halides is 1. The Morgan fingerprint density at radius 1 is 0.506 bits per heavy atom. The molecule has 2 aliphatic rings. The van der Waals surface area contributed by atoms with E-state index in [0.717, 1.165) is 113 Å². The van der Waals surface area contributed by atoms with E-state index in [0.29, 0.717) is 24.0 Å². The van der Waals surface area contributed by atoms with Crippen LogP contribution in [-0.2, 0) is 22.0 Å². The standard InChI is InChI=1S/C32H36Cl2N6O.C17H18Cl2N2.C15H19ClN4O/c1-3-21(2)29(31(35)41)38-32-26-6-4-5-7-27(26)36-28(37-32)20-39-16-18-40(19-17-39)30(22-8-12-24(33)13-9-22)23-10-14-25(34)15-11-23;18-15-5-1-13(2-6-15)17(21-11-9-20-10-12-21)14-3-7-16(19)8-4-14;1-3-9(2)13(14(17)21)20-15-10-6-4-5-7-11(10)18-12(8-16)19-15/h4-15,21,29-30H,3,16-20H2,1-2H3,(H2,35,41)(H,36,37,38);1-8,17,20H,9-12H2;4-7,9,13H,3,8H2,1-2H3,(H2,17,21)(H,18,19,20)/t21?,29-;;9?,13-/m0.0/s1. The average Bonchev–Trinajstić information content (AvgIpc) is 3.61. The quantitative estimate of drug-likeness (QED) is 0.0484. The molecule has 0 bridgehead atoms. The zero-order valence-electron chi connectivity index (χ0n) is 47.3. The van der Waals surface area contributed by atoms with Crippen LogP contribution < -0.4 is 27.4 Å². The number of fused-ring (bicyclic) bond motifs is 2. The molecule has 6 aromatic carbocycles. The number of benzene rings is 6. The van der Waals surface area contributed by atoms with Crippen molar-refractivity contribution in [3.05, 3.63) is 200 Å². The van der Waals surface area contributed by atoms with E-state index in [1.165, 1.54) is 22.3 Å². The normalized spacial score (nSPS) is 15.6. The molecule has 0 aliphatic carbocycles. The number of nitrogens with one attached hydrogen (secondary N) is 3. The molecule has 2 amide bonds. The number of carbonyl (C=O) groups excluding carboxylic acids is 2. The lowest BCUT2D eigenvalue weighted by Gasteiger charge is -2.39. The van der Waals surface area contributed by atoms with Crippen molar-refractivity contribution in [2.75, 3.05) is 63.0 Å². The van der Waals surface area contributed by atoms with Gasteiger partial charge in [-0.3, -0.25) is 24.3 Å². The molecule has 19 heteroatoms. The highest BCUT2D eigenvalue weighted by Gasteiger charge is 2.29. The second-order valence-electron chi connectivity index (χ2n) is 21.1. The van der Waals surface area contributed by atoms with Crippen LogP contribution in [0.3, 0.4) is 0 Å². The van der Waals surface area contributed by atoms with E-state index >= 15 is 0 Å². The van der Waals surface area contributed by atoms with Crippen molar-refractivity contribution in [3.63, 3.8) is 0 Å². The topological polar surface area (TPSA) is 184 Å². The molecule has 14 nitrogen and oxygen atoms in total. The zero-order chi connectivity index (χ0) is 59.0. The Hall–Kier alpha value is -6.17. The van der Waals surface area contributed by atoms with Crippen molar-refractivity contribution in [3.8, 4) is 0 Å². The summed E-state index contributed by atoms with van der Waals surface area (Å²) < 4.78 is 0. The largest absolute Gasteiger partial charge is 0.368 e. The summed E-state index contributed by atoms with van der Waals surface area (Å²) in [7, 11) is 0. The first-order valence-corrected chi connectivity index (χ1v) is 30.3. The highest BCUT2D eigenvalue weighted by molar-refractivity contribution is 6.31. The number of aromatic nitrogens is 4. The van der Waals surface area contributed by atoms with E-state index in [2.05, 4.69) is 96.1 Å². The Labute approximate surface area is 512 Å². The number of para-hydroxylation sites is 2. The van der Waals surface area contributed by atoms with E-state index in [1.54, 1.807) is 0 Å². The minimum atomic E-state index is -0.507. The highest BCUT2D eigenvalue weighted by atomic mass is 35.5. The first-order chi connectivity index (χ1) is 40.1. The van der Waals surface area contributed by atoms with Crippen LogP contribution >= 0.6 is 58.0 Å². The van der Waals surface area contributed by atoms with E-state index in [-0.39, 0.29) is 41.6 Å². The van der Waals surface area contributed by atoms with Crippen molar-refractivity contribution in [2.45, 2.75) is 77.1 Å². The Morgan fingerprint density at radius 2 is 0.855 bits per heavy atom. The Balaban J connectivity index is 0.000000180. The minimum absolute atomic E-state index is 0.0759. The fourth-order valence-electron chi connectivity index (χ4n) is 10.5. The lowest BCUT2D eigenvalue weighted by molar-refractivity contribution is -0.120. The van der Waals surface area contributed by atoms with Gasteiger partial charge in [0.1, 0.15) is 35.4 Å².